The monoisotopic (exact) mass is 348 g/mol. The number of carbonyl (C=O) groups is 1. The fourth-order valence-corrected chi connectivity index (χ4v) is 2.57. The molecule has 0 radical (unpaired) electrons. The number of benzene rings is 1. The van der Waals surface area contributed by atoms with E-state index in [9.17, 15) is 22.4 Å². The molecule has 1 heterocycles. The minimum Gasteiger partial charge on any atom is -0.365 e. The van der Waals surface area contributed by atoms with E-state index >= 15 is 0 Å². The largest absolute Gasteiger partial charge is 0.365 e. The van der Waals surface area contributed by atoms with Crippen molar-refractivity contribution in [3.8, 4) is 0 Å². The van der Waals surface area contributed by atoms with Gasteiger partial charge in [0, 0.05) is 19.1 Å². The van der Waals surface area contributed by atoms with Crippen LogP contribution in [0.15, 0.2) is 24.3 Å². The molecule has 1 aliphatic rings. The molecule has 1 N–H and O–H groups in total. The molecule has 1 atom stereocenters. The lowest BCUT2D eigenvalue weighted by Gasteiger charge is -2.34. The smallest absolute Gasteiger partial charge is 0.330 e. The zero-order valence-corrected chi connectivity index (χ0v) is 13.3. The van der Waals surface area contributed by atoms with E-state index < -0.39 is 31.5 Å². The zero-order valence-electron chi connectivity index (χ0n) is 13.3. The minimum absolute atomic E-state index is 0.0753. The molecule has 1 aliphatic heterocycles. The highest BCUT2D eigenvalue weighted by atomic mass is 19.3. The van der Waals surface area contributed by atoms with Gasteiger partial charge in [0.05, 0.1) is 0 Å². The van der Waals surface area contributed by atoms with Gasteiger partial charge in [-0.25, -0.2) is 8.78 Å². The lowest BCUT2D eigenvalue weighted by molar-refractivity contribution is -0.168. The Balaban J connectivity index is 1.74. The van der Waals surface area contributed by atoms with Gasteiger partial charge in [0.15, 0.2) is 0 Å². The molecule has 24 heavy (non-hydrogen) atoms. The maximum absolute atomic E-state index is 12.7. The molecule has 1 amide bonds. The predicted molar refractivity (Wildman–Crippen MR) is 80.2 cm³/mol. The average molecular weight is 348 g/mol. The van der Waals surface area contributed by atoms with Gasteiger partial charge in [-0.1, -0.05) is 24.3 Å². The van der Waals surface area contributed by atoms with Crippen molar-refractivity contribution in [2.45, 2.75) is 31.4 Å². The van der Waals surface area contributed by atoms with Crippen molar-refractivity contribution in [2.75, 3.05) is 26.8 Å². The van der Waals surface area contributed by atoms with E-state index in [1.165, 1.54) is 11.1 Å². The van der Waals surface area contributed by atoms with Gasteiger partial charge >= 0.3 is 12.3 Å². The molecule has 8 heteroatoms. The SMILES string of the molecule is CN1Cc2ccccc2C[C@@H]1CNC(=O)COCC(F)(F)C(F)F. The second kappa shape index (κ2) is 7.94. The fraction of sp³-hybridized carbons (Fsp3) is 0.562. The third-order valence-electron chi connectivity index (χ3n) is 4.00. The number of fused-ring (bicyclic) bond motifs is 1. The van der Waals surface area contributed by atoms with Gasteiger partial charge in [0.1, 0.15) is 13.2 Å². The summed E-state index contributed by atoms with van der Waals surface area (Å²) in [5.74, 6) is -4.85. The second-order valence-corrected chi connectivity index (χ2v) is 5.90. The number of amides is 1. The number of likely N-dealkylation sites (N-methyl/N-ethyl adjacent to an activating group) is 1. The molecular weight excluding hydrogens is 328 g/mol. The van der Waals surface area contributed by atoms with E-state index in [0.717, 1.165) is 13.0 Å². The first-order valence-corrected chi connectivity index (χ1v) is 7.57. The van der Waals surface area contributed by atoms with E-state index in [2.05, 4.69) is 21.0 Å². The lowest BCUT2D eigenvalue weighted by atomic mass is 9.94. The van der Waals surface area contributed by atoms with Crippen LogP contribution in [0.25, 0.3) is 0 Å². The summed E-state index contributed by atoms with van der Waals surface area (Å²) in [5, 5.41) is 2.59. The maximum atomic E-state index is 12.7. The van der Waals surface area contributed by atoms with Gasteiger partial charge in [0.25, 0.3) is 0 Å². The van der Waals surface area contributed by atoms with Crippen molar-refractivity contribution in [2.24, 2.45) is 0 Å². The maximum Gasteiger partial charge on any atom is 0.330 e. The molecule has 0 aromatic heterocycles. The number of nitrogens with one attached hydrogen (secondary N) is 1. The summed E-state index contributed by atoms with van der Waals surface area (Å²) in [4.78, 5) is 13.7. The molecule has 134 valence electrons. The first kappa shape index (κ1) is 18.7. The van der Waals surface area contributed by atoms with Crippen LogP contribution in [0, 0.1) is 0 Å². The van der Waals surface area contributed by atoms with Crippen LogP contribution in [0.5, 0.6) is 0 Å². The van der Waals surface area contributed by atoms with Crippen molar-refractivity contribution in [1.82, 2.24) is 10.2 Å². The highest BCUT2D eigenvalue weighted by Crippen LogP contribution is 2.23. The first-order valence-electron chi connectivity index (χ1n) is 7.57. The fourth-order valence-electron chi connectivity index (χ4n) is 2.57. The molecule has 1 aromatic rings. The summed E-state index contributed by atoms with van der Waals surface area (Å²) in [6.07, 6.45) is -3.05. The summed E-state index contributed by atoms with van der Waals surface area (Å²) in [5.41, 5.74) is 2.45. The molecular formula is C16H20F4N2O2. The number of hydrogen-bond acceptors (Lipinski definition) is 3. The molecule has 0 aliphatic carbocycles. The van der Waals surface area contributed by atoms with Crippen molar-refractivity contribution in [3.63, 3.8) is 0 Å². The molecule has 0 spiro atoms. The lowest BCUT2D eigenvalue weighted by Crippen LogP contribution is -2.46. The van der Waals surface area contributed by atoms with Crippen LogP contribution in [0.4, 0.5) is 17.6 Å². The quantitative estimate of drug-likeness (QED) is 0.767. The van der Waals surface area contributed by atoms with Gasteiger partial charge in [0.2, 0.25) is 5.91 Å². The predicted octanol–water partition coefficient (Wildman–Crippen LogP) is 2.08. The van der Waals surface area contributed by atoms with Crippen molar-refractivity contribution in [3.05, 3.63) is 35.4 Å². The van der Waals surface area contributed by atoms with Crippen LogP contribution in [0.1, 0.15) is 11.1 Å². The van der Waals surface area contributed by atoms with E-state index in [1.54, 1.807) is 0 Å². The van der Waals surface area contributed by atoms with Gasteiger partial charge in [-0.15, -0.1) is 0 Å². The third kappa shape index (κ3) is 4.91. The Hall–Kier alpha value is -1.67. The third-order valence-corrected chi connectivity index (χ3v) is 4.00. The summed E-state index contributed by atoms with van der Waals surface area (Å²) in [6, 6.07) is 8.09. The van der Waals surface area contributed by atoms with E-state index in [4.69, 9.17) is 0 Å². The van der Waals surface area contributed by atoms with Crippen LogP contribution >= 0.6 is 0 Å². The average Bonchev–Trinajstić information content (AvgIpc) is 2.52. The first-order chi connectivity index (χ1) is 11.3. The van der Waals surface area contributed by atoms with E-state index in [-0.39, 0.29) is 6.04 Å². The number of alkyl halides is 4. The summed E-state index contributed by atoms with van der Waals surface area (Å²) < 4.78 is 53.6. The highest BCUT2D eigenvalue weighted by molar-refractivity contribution is 5.77. The van der Waals surface area contributed by atoms with Crippen LogP contribution in [-0.4, -0.2) is 56.0 Å². The Morgan fingerprint density at radius 2 is 2.04 bits per heavy atom. The van der Waals surface area contributed by atoms with Gasteiger partial charge in [-0.3, -0.25) is 9.69 Å². The normalized spacial score (nSPS) is 18.5. The van der Waals surface area contributed by atoms with Gasteiger partial charge < -0.3 is 10.1 Å². The Labute approximate surface area is 137 Å². The van der Waals surface area contributed by atoms with E-state index in [0.29, 0.717) is 6.54 Å². The van der Waals surface area contributed by atoms with Crippen LogP contribution < -0.4 is 5.32 Å². The van der Waals surface area contributed by atoms with Crippen LogP contribution in [0.2, 0.25) is 0 Å². The Morgan fingerprint density at radius 1 is 1.38 bits per heavy atom. The topological polar surface area (TPSA) is 41.6 Å². The number of carbonyl (C=O) groups excluding carboxylic acids is 1. The van der Waals surface area contributed by atoms with Crippen LogP contribution in [0.3, 0.4) is 0 Å². The number of nitrogens with zero attached hydrogens (tertiary/aromatic N) is 1. The van der Waals surface area contributed by atoms with Crippen molar-refractivity contribution >= 4 is 5.91 Å². The molecule has 0 saturated carbocycles. The standard InChI is InChI=1S/C16H20F4N2O2/c1-22-8-12-5-3-2-4-11(12)6-13(22)7-21-14(23)9-24-10-16(19,20)15(17)18/h2-5,13,15H,6-10H2,1H3,(H,21,23)/t13-/m1/s1. The van der Waals surface area contributed by atoms with E-state index in [1.807, 2.05) is 25.2 Å². The molecule has 0 saturated heterocycles. The number of hydrogen-bond donors (Lipinski definition) is 1. The highest BCUT2D eigenvalue weighted by Gasteiger charge is 2.41. The summed E-state index contributed by atoms with van der Waals surface area (Å²) in [7, 11) is 1.94. The Kier molecular flexibility index (Phi) is 6.17. The van der Waals surface area contributed by atoms with Crippen molar-refractivity contribution < 1.29 is 27.1 Å². The molecule has 0 bridgehead atoms. The Bertz CT molecular complexity index is 569. The Morgan fingerprint density at radius 3 is 2.71 bits per heavy atom. The molecule has 0 fully saturated rings. The second-order valence-electron chi connectivity index (χ2n) is 5.90. The molecule has 1 aromatic carbocycles. The van der Waals surface area contributed by atoms with Gasteiger partial charge in [-0.05, 0) is 24.6 Å². The van der Waals surface area contributed by atoms with Crippen LogP contribution in [-0.2, 0) is 22.5 Å². The molecule has 0 unspecified atom stereocenters. The zero-order chi connectivity index (χ0) is 17.7. The summed E-state index contributed by atoms with van der Waals surface area (Å²) in [6.45, 7) is -1.06. The molecule has 4 nitrogen and oxygen atoms in total. The number of halogens is 4. The van der Waals surface area contributed by atoms with Gasteiger partial charge in [-0.2, -0.15) is 8.78 Å². The summed E-state index contributed by atoms with van der Waals surface area (Å²) >= 11 is 0. The van der Waals surface area contributed by atoms with Crippen molar-refractivity contribution in [1.29, 1.82) is 0 Å². The number of ether oxygens (including phenoxy) is 1. The minimum atomic E-state index is -4.24. The number of rotatable bonds is 7. The molecule has 2 rings (SSSR count).